The van der Waals surface area contributed by atoms with Gasteiger partial charge >= 0.3 is 0 Å². The molecule has 0 radical (unpaired) electrons. The maximum atomic E-state index is 6.23. The lowest BCUT2D eigenvalue weighted by Gasteiger charge is -2.23. The van der Waals surface area contributed by atoms with E-state index in [1.54, 1.807) is 0 Å². The predicted molar refractivity (Wildman–Crippen MR) is 80.6 cm³/mol. The van der Waals surface area contributed by atoms with Crippen molar-refractivity contribution in [2.45, 2.75) is 32.3 Å². The van der Waals surface area contributed by atoms with E-state index in [4.69, 9.17) is 4.74 Å². The minimum atomic E-state index is 0.144. The topological polar surface area (TPSA) is 21.3 Å². The summed E-state index contributed by atoms with van der Waals surface area (Å²) >= 11 is 0. The first-order valence-corrected chi connectivity index (χ1v) is 7.04. The molecule has 1 aromatic carbocycles. The Kier molecular flexibility index (Phi) is 5.22. The summed E-state index contributed by atoms with van der Waals surface area (Å²) < 4.78 is 6.23. The van der Waals surface area contributed by atoms with Gasteiger partial charge in [0.1, 0.15) is 11.9 Å². The molecule has 0 saturated carbocycles. The number of hydrogen-bond donors (Lipinski definition) is 1. The molecule has 1 aliphatic rings. The molecule has 1 aliphatic carbocycles. The van der Waals surface area contributed by atoms with Crippen LogP contribution in [0.5, 0.6) is 5.75 Å². The first-order valence-electron chi connectivity index (χ1n) is 7.04. The summed E-state index contributed by atoms with van der Waals surface area (Å²) in [7, 11) is 1.98. The summed E-state index contributed by atoms with van der Waals surface area (Å²) in [4.78, 5) is 0. The molecule has 0 heterocycles. The van der Waals surface area contributed by atoms with Crippen molar-refractivity contribution in [1.82, 2.24) is 5.32 Å². The zero-order valence-corrected chi connectivity index (χ0v) is 11.9. The Hall–Kier alpha value is -1.54. The van der Waals surface area contributed by atoms with Crippen molar-refractivity contribution in [2.24, 2.45) is 0 Å². The molecule has 2 rings (SSSR count). The molecule has 102 valence electrons. The van der Waals surface area contributed by atoms with Crippen LogP contribution in [-0.2, 0) is 0 Å². The highest BCUT2D eigenvalue weighted by atomic mass is 16.5. The van der Waals surface area contributed by atoms with Gasteiger partial charge in [0, 0.05) is 6.42 Å². The van der Waals surface area contributed by atoms with Crippen molar-refractivity contribution < 1.29 is 4.74 Å². The van der Waals surface area contributed by atoms with E-state index in [1.165, 1.54) is 11.1 Å². The van der Waals surface area contributed by atoms with Crippen LogP contribution < -0.4 is 10.1 Å². The number of benzene rings is 1. The number of rotatable bonds is 6. The highest BCUT2D eigenvalue weighted by Gasteiger charge is 2.15. The average molecular weight is 257 g/mol. The smallest absolute Gasteiger partial charge is 0.125 e. The number of hydrogen-bond acceptors (Lipinski definition) is 2. The second kappa shape index (κ2) is 7.15. The molecule has 0 fully saturated rings. The Morgan fingerprint density at radius 2 is 2.11 bits per heavy atom. The fraction of sp³-hybridized carbons (Fsp3) is 0.412. The summed E-state index contributed by atoms with van der Waals surface area (Å²) in [6.45, 7) is 3.05. The van der Waals surface area contributed by atoms with Gasteiger partial charge in [-0.3, -0.25) is 0 Å². The van der Waals surface area contributed by atoms with Crippen molar-refractivity contribution in [2.75, 3.05) is 13.6 Å². The van der Waals surface area contributed by atoms with Crippen molar-refractivity contribution >= 4 is 0 Å². The van der Waals surface area contributed by atoms with Gasteiger partial charge in [-0.2, -0.15) is 0 Å². The van der Waals surface area contributed by atoms with Crippen LogP contribution in [0.15, 0.2) is 48.1 Å². The van der Waals surface area contributed by atoms with Crippen LogP contribution in [0.4, 0.5) is 0 Å². The summed E-state index contributed by atoms with van der Waals surface area (Å²) in [5.41, 5.74) is 2.50. The number of aryl methyl sites for hydroxylation is 1. The maximum Gasteiger partial charge on any atom is 0.125 e. The van der Waals surface area contributed by atoms with Gasteiger partial charge in [0.15, 0.2) is 0 Å². The van der Waals surface area contributed by atoms with Crippen LogP contribution in [-0.4, -0.2) is 19.7 Å². The molecule has 0 amide bonds. The average Bonchev–Trinajstić information content (AvgIpc) is 2.46. The summed E-state index contributed by atoms with van der Waals surface area (Å²) in [6, 6.07) is 8.22. The predicted octanol–water partition coefficient (Wildman–Crippen LogP) is 3.63. The van der Waals surface area contributed by atoms with Gasteiger partial charge in [-0.05, 0) is 50.6 Å². The Balaban J connectivity index is 2.11. The first kappa shape index (κ1) is 13.9. The third-order valence-electron chi connectivity index (χ3n) is 3.41. The van der Waals surface area contributed by atoms with Crippen molar-refractivity contribution in [3.63, 3.8) is 0 Å². The fourth-order valence-electron chi connectivity index (χ4n) is 2.28. The summed E-state index contributed by atoms with van der Waals surface area (Å²) in [6.07, 6.45) is 10.2. The molecular formula is C17H23NO. The number of ether oxygens (including phenoxy) is 1. The van der Waals surface area contributed by atoms with Gasteiger partial charge in [-0.1, -0.05) is 36.4 Å². The lowest BCUT2D eigenvalue weighted by Crippen LogP contribution is -2.24. The highest BCUT2D eigenvalue weighted by Crippen LogP contribution is 2.24. The normalized spacial score (nSPS) is 16.0. The van der Waals surface area contributed by atoms with Crippen molar-refractivity contribution in [3.8, 4) is 5.75 Å². The van der Waals surface area contributed by atoms with Gasteiger partial charge in [-0.25, -0.2) is 0 Å². The number of nitrogens with one attached hydrogen (secondary N) is 1. The molecule has 2 nitrogen and oxygen atoms in total. The van der Waals surface area contributed by atoms with Gasteiger partial charge in [-0.15, -0.1) is 0 Å². The van der Waals surface area contributed by atoms with E-state index in [2.05, 4.69) is 42.6 Å². The van der Waals surface area contributed by atoms with Crippen LogP contribution >= 0.6 is 0 Å². The molecule has 0 spiro atoms. The molecular weight excluding hydrogens is 234 g/mol. The molecule has 0 aromatic heterocycles. The third-order valence-corrected chi connectivity index (χ3v) is 3.41. The molecule has 2 heteroatoms. The van der Waals surface area contributed by atoms with Crippen LogP contribution in [0, 0.1) is 6.92 Å². The molecule has 0 aliphatic heterocycles. The lowest BCUT2D eigenvalue weighted by molar-refractivity contribution is 0.227. The van der Waals surface area contributed by atoms with Crippen LogP contribution in [0.3, 0.4) is 0 Å². The van der Waals surface area contributed by atoms with E-state index in [-0.39, 0.29) is 6.10 Å². The van der Waals surface area contributed by atoms with E-state index in [9.17, 15) is 0 Å². The number of allylic oxidation sites excluding steroid dienone is 2. The van der Waals surface area contributed by atoms with E-state index >= 15 is 0 Å². The highest BCUT2D eigenvalue weighted by molar-refractivity contribution is 5.34. The Morgan fingerprint density at radius 3 is 2.79 bits per heavy atom. The van der Waals surface area contributed by atoms with Crippen LogP contribution in [0.25, 0.3) is 0 Å². The monoisotopic (exact) mass is 257 g/mol. The zero-order chi connectivity index (χ0) is 13.5. The second-order valence-electron chi connectivity index (χ2n) is 4.95. The minimum Gasteiger partial charge on any atom is -0.485 e. The van der Waals surface area contributed by atoms with E-state index in [0.717, 1.165) is 31.6 Å². The molecule has 19 heavy (non-hydrogen) atoms. The van der Waals surface area contributed by atoms with Gasteiger partial charge in [0.05, 0.1) is 0 Å². The molecule has 1 aromatic rings. The van der Waals surface area contributed by atoms with Crippen molar-refractivity contribution in [3.05, 3.63) is 53.6 Å². The molecule has 0 saturated heterocycles. The van der Waals surface area contributed by atoms with E-state index in [0.29, 0.717) is 0 Å². The fourth-order valence-corrected chi connectivity index (χ4v) is 2.28. The van der Waals surface area contributed by atoms with Gasteiger partial charge < -0.3 is 10.1 Å². The first-order chi connectivity index (χ1) is 9.31. The second-order valence-corrected chi connectivity index (χ2v) is 4.95. The lowest BCUT2D eigenvalue weighted by atomic mass is 9.99. The Morgan fingerprint density at radius 1 is 1.26 bits per heavy atom. The molecule has 0 bridgehead atoms. The van der Waals surface area contributed by atoms with Crippen LogP contribution in [0.1, 0.15) is 24.8 Å². The zero-order valence-electron chi connectivity index (χ0n) is 11.9. The SMILES string of the molecule is CNCC[C@@H](Oc1ccccc1C)C1=CCCC=C1. The van der Waals surface area contributed by atoms with E-state index in [1.807, 2.05) is 19.2 Å². The summed E-state index contributed by atoms with van der Waals surface area (Å²) in [5, 5.41) is 3.21. The summed E-state index contributed by atoms with van der Waals surface area (Å²) in [5.74, 6) is 0.989. The van der Waals surface area contributed by atoms with Gasteiger partial charge in [0.25, 0.3) is 0 Å². The Bertz CT molecular complexity index is 462. The Labute approximate surface area is 116 Å². The molecule has 0 unspecified atom stereocenters. The van der Waals surface area contributed by atoms with Crippen molar-refractivity contribution in [1.29, 1.82) is 0 Å². The standard InChI is InChI=1S/C17H23NO/c1-14-8-6-7-11-16(14)19-17(12-13-18-2)15-9-4-3-5-10-15/h4,6-11,17-18H,3,5,12-13H2,1-2H3/t17-/m1/s1. The van der Waals surface area contributed by atoms with Gasteiger partial charge in [0.2, 0.25) is 0 Å². The third kappa shape index (κ3) is 3.97. The molecule has 1 N–H and O–H groups in total. The van der Waals surface area contributed by atoms with Crippen LogP contribution in [0.2, 0.25) is 0 Å². The number of para-hydroxylation sites is 1. The molecule has 1 atom stereocenters. The quantitative estimate of drug-likeness (QED) is 0.840. The maximum absolute atomic E-state index is 6.23. The van der Waals surface area contributed by atoms with E-state index < -0.39 is 0 Å². The largest absolute Gasteiger partial charge is 0.485 e. The minimum absolute atomic E-state index is 0.144.